The number of thioether (sulfide) groups is 2. The Morgan fingerprint density at radius 1 is 1.45 bits per heavy atom. The van der Waals surface area contributed by atoms with Crippen LogP contribution >= 0.6 is 23.5 Å². The van der Waals surface area contributed by atoms with Crippen LogP contribution < -0.4 is 0 Å². The summed E-state index contributed by atoms with van der Waals surface area (Å²) >= 11 is 2.55. The lowest BCUT2D eigenvalue weighted by Crippen LogP contribution is -2.57. The first-order valence-electron chi connectivity index (χ1n) is 6.79. The third-order valence-corrected chi connectivity index (χ3v) is 8.81. The average molecular weight is 365 g/mol. The Balaban J connectivity index is 1.79. The van der Waals surface area contributed by atoms with E-state index >= 15 is 0 Å². The van der Waals surface area contributed by atoms with E-state index in [1.54, 1.807) is 0 Å². The monoisotopic (exact) mass is 365 g/mol. The van der Waals surface area contributed by atoms with Crippen molar-refractivity contribution < 1.29 is 28.2 Å². The summed E-state index contributed by atoms with van der Waals surface area (Å²) in [6, 6.07) is 0. The van der Waals surface area contributed by atoms with E-state index in [0.29, 0.717) is 17.1 Å². The molecule has 3 heterocycles. The van der Waals surface area contributed by atoms with Gasteiger partial charge in [-0.15, -0.1) is 11.8 Å². The number of nitrogens with zero attached hydrogens (tertiary/aromatic N) is 1. The highest BCUT2D eigenvalue weighted by molar-refractivity contribution is 8.23. The summed E-state index contributed by atoms with van der Waals surface area (Å²) in [6.07, 6.45) is 0.818. The molecule has 0 saturated carbocycles. The van der Waals surface area contributed by atoms with E-state index in [9.17, 15) is 23.1 Å². The van der Waals surface area contributed by atoms with E-state index in [1.165, 1.54) is 28.4 Å². The molecule has 0 aromatic rings. The van der Waals surface area contributed by atoms with E-state index in [1.807, 2.05) is 0 Å². The maximum atomic E-state index is 12.0. The third-order valence-electron chi connectivity index (χ3n) is 3.92. The fourth-order valence-electron chi connectivity index (χ4n) is 2.84. The molecule has 0 radical (unpaired) electrons. The van der Waals surface area contributed by atoms with Crippen molar-refractivity contribution in [1.82, 2.24) is 4.90 Å². The van der Waals surface area contributed by atoms with Crippen LogP contribution in [0.5, 0.6) is 0 Å². The molecule has 3 rings (SSSR count). The van der Waals surface area contributed by atoms with Gasteiger partial charge in [0.15, 0.2) is 15.5 Å². The van der Waals surface area contributed by atoms with Crippen molar-refractivity contribution in [3.63, 3.8) is 0 Å². The van der Waals surface area contributed by atoms with Gasteiger partial charge in [0.1, 0.15) is 0 Å². The number of hydrogen-bond donors (Lipinski definition) is 2. The molecule has 0 aliphatic carbocycles. The second-order valence-corrected chi connectivity index (χ2v) is 10.3. The normalized spacial score (nSPS) is 33.0. The molecule has 10 heteroatoms. The van der Waals surface area contributed by atoms with Gasteiger partial charge >= 0.3 is 5.97 Å². The van der Waals surface area contributed by atoms with Crippen molar-refractivity contribution in [2.45, 2.75) is 23.5 Å². The summed E-state index contributed by atoms with van der Waals surface area (Å²) in [6.45, 7) is -0.118. The molecule has 0 aromatic carbocycles. The number of carboxylic acid groups (broad SMARTS) is 1. The minimum absolute atomic E-state index is 0.0384. The quantitative estimate of drug-likeness (QED) is 0.659. The van der Waals surface area contributed by atoms with E-state index in [2.05, 4.69) is 0 Å². The number of aliphatic hydroxyl groups is 1. The molecule has 1 amide bonds. The van der Waals surface area contributed by atoms with Crippen LogP contribution in [0.2, 0.25) is 0 Å². The van der Waals surface area contributed by atoms with Gasteiger partial charge in [0.05, 0.1) is 27.0 Å². The Morgan fingerprint density at radius 2 is 2.18 bits per heavy atom. The Hall–Kier alpha value is -0.710. The second-order valence-electron chi connectivity index (χ2n) is 5.42. The molecule has 3 atom stereocenters. The predicted octanol–water partition coefficient (Wildman–Crippen LogP) is 0.0741. The molecule has 2 unspecified atom stereocenters. The summed E-state index contributed by atoms with van der Waals surface area (Å²) in [5.41, 5.74) is -0.0384. The standard InChI is InChI=1S/C12H15NO6S3/c14-3-1-7-9(15)13-8(11(16)17)12(21-10(7)13)20-6-2-4-22(18,19)5-6/h6-7,10,14H,1-5H2,(H,16,17)/t6?,7?,10-/m0/s1. The Bertz CT molecular complexity index is 658. The summed E-state index contributed by atoms with van der Waals surface area (Å²) in [5, 5.41) is 17.9. The van der Waals surface area contributed by atoms with Gasteiger partial charge in [-0.1, -0.05) is 11.8 Å². The average Bonchev–Trinajstić information content (AvgIpc) is 2.94. The highest BCUT2D eigenvalue weighted by Crippen LogP contribution is 2.55. The lowest BCUT2D eigenvalue weighted by atomic mass is 9.94. The third kappa shape index (κ3) is 2.66. The summed E-state index contributed by atoms with van der Waals surface area (Å²) in [5.74, 6) is -1.64. The van der Waals surface area contributed by atoms with Crippen LogP contribution in [-0.2, 0) is 19.4 Å². The largest absolute Gasteiger partial charge is 0.477 e. The number of fused-ring (bicyclic) bond motifs is 1. The Labute approximate surface area is 136 Å². The first kappa shape index (κ1) is 16.2. The number of rotatable bonds is 5. The Kier molecular flexibility index (Phi) is 4.21. The van der Waals surface area contributed by atoms with Crippen LogP contribution in [0.4, 0.5) is 0 Å². The van der Waals surface area contributed by atoms with Gasteiger partial charge in [0.2, 0.25) is 5.91 Å². The number of carboxylic acids is 1. The first-order chi connectivity index (χ1) is 10.3. The van der Waals surface area contributed by atoms with Crippen molar-refractivity contribution in [2.24, 2.45) is 5.92 Å². The number of aliphatic hydroxyl groups excluding tert-OH is 1. The zero-order valence-corrected chi connectivity index (χ0v) is 13.9. The minimum Gasteiger partial charge on any atom is -0.477 e. The molecule has 22 heavy (non-hydrogen) atoms. The van der Waals surface area contributed by atoms with Crippen molar-refractivity contribution in [1.29, 1.82) is 0 Å². The van der Waals surface area contributed by atoms with Crippen molar-refractivity contribution in [3.8, 4) is 0 Å². The first-order valence-corrected chi connectivity index (χ1v) is 10.4. The topological polar surface area (TPSA) is 112 Å². The molecule has 0 spiro atoms. The number of hydrogen-bond acceptors (Lipinski definition) is 7. The van der Waals surface area contributed by atoms with E-state index in [0.717, 1.165) is 0 Å². The number of sulfone groups is 1. The van der Waals surface area contributed by atoms with Crippen LogP contribution in [0, 0.1) is 5.92 Å². The molecule has 0 aromatic heterocycles. The van der Waals surface area contributed by atoms with Gasteiger partial charge < -0.3 is 10.2 Å². The maximum Gasteiger partial charge on any atom is 0.354 e. The predicted molar refractivity (Wildman–Crippen MR) is 82.7 cm³/mol. The van der Waals surface area contributed by atoms with Crippen LogP contribution in [0.1, 0.15) is 12.8 Å². The van der Waals surface area contributed by atoms with Crippen molar-refractivity contribution in [2.75, 3.05) is 18.1 Å². The van der Waals surface area contributed by atoms with Gasteiger partial charge in [-0.2, -0.15) is 0 Å². The van der Waals surface area contributed by atoms with E-state index in [4.69, 9.17) is 5.11 Å². The van der Waals surface area contributed by atoms with Crippen LogP contribution in [0.25, 0.3) is 0 Å². The minimum atomic E-state index is -3.03. The summed E-state index contributed by atoms with van der Waals surface area (Å²) in [4.78, 5) is 24.8. The fourth-order valence-corrected chi connectivity index (χ4v) is 8.44. The number of β-lactam (4-membered cyclic amide) rings is 1. The molecule has 7 nitrogen and oxygen atoms in total. The van der Waals surface area contributed by atoms with Gasteiger partial charge in [0, 0.05) is 11.9 Å². The number of amides is 1. The van der Waals surface area contributed by atoms with Gasteiger partial charge in [-0.25, -0.2) is 13.2 Å². The van der Waals surface area contributed by atoms with Crippen LogP contribution in [0.15, 0.2) is 9.93 Å². The van der Waals surface area contributed by atoms with Gasteiger partial charge in [-0.05, 0) is 12.8 Å². The van der Waals surface area contributed by atoms with E-state index in [-0.39, 0.29) is 46.3 Å². The zero-order valence-electron chi connectivity index (χ0n) is 11.5. The fraction of sp³-hybridized carbons (Fsp3) is 0.667. The molecular formula is C12H15NO6S3. The molecule has 0 bridgehead atoms. The lowest BCUT2D eigenvalue weighted by Gasteiger charge is -2.41. The van der Waals surface area contributed by atoms with Crippen molar-refractivity contribution in [3.05, 3.63) is 9.93 Å². The Morgan fingerprint density at radius 3 is 2.73 bits per heavy atom. The molecule has 2 N–H and O–H groups in total. The number of aliphatic carboxylic acids is 1. The molecule has 3 aliphatic rings. The van der Waals surface area contributed by atoms with E-state index < -0.39 is 15.8 Å². The smallest absolute Gasteiger partial charge is 0.354 e. The maximum absolute atomic E-state index is 12.0. The zero-order chi connectivity index (χ0) is 16.1. The molecular weight excluding hydrogens is 350 g/mol. The van der Waals surface area contributed by atoms with Gasteiger partial charge in [-0.3, -0.25) is 9.69 Å². The van der Waals surface area contributed by atoms with Crippen LogP contribution in [0.3, 0.4) is 0 Å². The van der Waals surface area contributed by atoms with Crippen LogP contribution in [-0.4, -0.2) is 64.1 Å². The van der Waals surface area contributed by atoms with Gasteiger partial charge in [0.25, 0.3) is 0 Å². The molecule has 3 aliphatic heterocycles. The molecule has 2 fully saturated rings. The second kappa shape index (κ2) is 5.73. The summed E-state index contributed by atoms with van der Waals surface area (Å²) in [7, 11) is -3.03. The highest BCUT2D eigenvalue weighted by atomic mass is 32.2. The number of carbonyl (C=O) groups excluding carboxylic acids is 1. The highest BCUT2D eigenvalue weighted by Gasteiger charge is 2.56. The lowest BCUT2D eigenvalue weighted by molar-refractivity contribution is -0.152. The SMILES string of the molecule is O=C(O)C1=C(SC2CCS(=O)(=O)C2)S[C@H]2C(CCO)C(=O)N12. The molecule has 122 valence electrons. The molecule has 2 saturated heterocycles. The summed E-state index contributed by atoms with van der Waals surface area (Å²) < 4.78 is 23.5. The number of carbonyl (C=O) groups is 2. The van der Waals surface area contributed by atoms with Crippen molar-refractivity contribution >= 4 is 45.2 Å².